The SMILES string of the molecule is Cc1noc(C(C)C(C)C)[n+]1C. The van der Waals surface area contributed by atoms with Gasteiger partial charge in [-0.25, -0.2) is 4.52 Å². The molecule has 0 N–H and O–H groups in total. The highest BCUT2D eigenvalue weighted by atomic mass is 16.5. The van der Waals surface area contributed by atoms with Gasteiger partial charge >= 0.3 is 11.7 Å². The molecule has 0 fully saturated rings. The standard InChI is InChI=1S/C9H17N2O/c1-6(2)7(3)9-11(5)8(4)10-12-9/h6-7H,1-5H3/q+1. The molecule has 3 nitrogen and oxygen atoms in total. The van der Waals surface area contributed by atoms with E-state index >= 15 is 0 Å². The maximum absolute atomic E-state index is 5.23. The molecule has 0 aliphatic carbocycles. The van der Waals surface area contributed by atoms with E-state index < -0.39 is 0 Å². The van der Waals surface area contributed by atoms with E-state index in [0.29, 0.717) is 11.8 Å². The quantitative estimate of drug-likeness (QED) is 0.629. The number of nitrogens with zero attached hydrogens (tertiary/aromatic N) is 2. The van der Waals surface area contributed by atoms with Crippen LogP contribution in [0.4, 0.5) is 0 Å². The summed E-state index contributed by atoms with van der Waals surface area (Å²) >= 11 is 0. The first kappa shape index (κ1) is 9.23. The van der Waals surface area contributed by atoms with Crippen LogP contribution in [0.1, 0.15) is 38.4 Å². The summed E-state index contributed by atoms with van der Waals surface area (Å²) in [4.78, 5) is 0. The van der Waals surface area contributed by atoms with E-state index in [-0.39, 0.29) is 0 Å². The van der Waals surface area contributed by atoms with E-state index in [1.807, 2.05) is 18.5 Å². The van der Waals surface area contributed by atoms with Crippen LogP contribution in [0.2, 0.25) is 0 Å². The van der Waals surface area contributed by atoms with Crippen LogP contribution >= 0.6 is 0 Å². The third-order valence-electron chi connectivity index (χ3n) is 2.48. The van der Waals surface area contributed by atoms with Gasteiger partial charge in [-0.2, -0.15) is 4.57 Å². The molecule has 1 heterocycles. The Bertz CT molecular complexity index is 265. The molecule has 1 aromatic rings. The predicted molar refractivity (Wildman–Crippen MR) is 45.7 cm³/mol. The monoisotopic (exact) mass is 169 g/mol. The topological polar surface area (TPSA) is 29.9 Å². The van der Waals surface area contributed by atoms with E-state index in [0.717, 1.165) is 11.7 Å². The van der Waals surface area contributed by atoms with Gasteiger partial charge in [0.15, 0.2) is 5.16 Å². The molecule has 0 aliphatic heterocycles. The van der Waals surface area contributed by atoms with Crippen molar-refractivity contribution < 1.29 is 9.09 Å². The first-order valence-corrected chi connectivity index (χ1v) is 4.36. The van der Waals surface area contributed by atoms with Crippen molar-refractivity contribution in [3.63, 3.8) is 0 Å². The lowest BCUT2D eigenvalue weighted by Crippen LogP contribution is -2.35. The lowest BCUT2D eigenvalue weighted by atomic mass is 9.98. The molecule has 0 amide bonds. The molecule has 68 valence electrons. The van der Waals surface area contributed by atoms with Crippen molar-refractivity contribution in [1.29, 1.82) is 0 Å². The van der Waals surface area contributed by atoms with Crippen LogP contribution in [0.25, 0.3) is 0 Å². The smallest absolute Gasteiger partial charge is 0.218 e. The normalized spacial score (nSPS) is 13.8. The maximum Gasteiger partial charge on any atom is 0.345 e. The highest BCUT2D eigenvalue weighted by Crippen LogP contribution is 2.19. The Labute approximate surface area is 73.4 Å². The largest absolute Gasteiger partial charge is 0.345 e. The van der Waals surface area contributed by atoms with Crippen LogP contribution in [0.5, 0.6) is 0 Å². The van der Waals surface area contributed by atoms with Crippen molar-refractivity contribution >= 4 is 0 Å². The van der Waals surface area contributed by atoms with Crippen LogP contribution in [0, 0.1) is 12.8 Å². The molecule has 1 atom stereocenters. The fraction of sp³-hybridized carbons (Fsp3) is 0.778. The molecular formula is C9H17N2O+. The van der Waals surface area contributed by atoms with Crippen LogP contribution in [-0.2, 0) is 7.05 Å². The summed E-state index contributed by atoms with van der Waals surface area (Å²) in [5.74, 6) is 2.90. The Morgan fingerprint density at radius 1 is 1.33 bits per heavy atom. The molecule has 1 rings (SSSR count). The molecule has 0 aromatic carbocycles. The molecule has 0 aliphatic rings. The zero-order valence-corrected chi connectivity index (χ0v) is 8.46. The zero-order valence-electron chi connectivity index (χ0n) is 8.46. The molecule has 0 spiro atoms. The van der Waals surface area contributed by atoms with E-state index in [9.17, 15) is 0 Å². The Hall–Kier alpha value is -0.860. The van der Waals surface area contributed by atoms with Gasteiger partial charge in [0.25, 0.3) is 0 Å². The van der Waals surface area contributed by atoms with Crippen molar-refractivity contribution in [2.75, 3.05) is 0 Å². The van der Waals surface area contributed by atoms with Crippen molar-refractivity contribution in [3.8, 4) is 0 Å². The third-order valence-corrected chi connectivity index (χ3v) is 2.48. The van der Waals surface area contributed by atoms with Gasteiger partial charge in [0.1, 0.15) is 0 Å². The van der Waals surface area contributed by atoms with Crippen LogP contribution in [-0.4, -0.2) is 5.16 Å². The van der Waals surface area contributed by atoms with Crippen molar-refractivity contribution in [2.45, 2.75) is 33.6 Å². The molecule has 0 bridgehead atoms. The average Bonchev–Trinajstić information content (AvgIpc) is 2.32. The van der Waals surface area contributed by atoms with Gasteiger partial charge in [-0.05, 0) is 5.92 Å². The van der Waals surface area contributed by atoms with Crippen molar-refractivity contribution in [3.05, 3.63) is 11.7 Å². The zero-order chi connectivity index (χ0) is 9.30. The molecule has 0 radical (unpaired) electrons. The first-order chi connectivity index (χ1) is 5.54. The van der Waals surface area contributed by atoms with Gasteiger partial charge in [-0.1, -0.05) is 20.8 Å². The molecule has 0 saturated heterocycles. The maximum atomic E-state index is 5.23. The van der Waals surface area contributed by atoms with Crippen LogP contribution < -0.4 is 4.57 Å². The third kappa shape index (κ3) is 1.49. The Morgan fingerprint density at radius 3 is 2.25 bits per heavy atom. The van der Waals surface area contributed by atoms with Crippen LogP contribution in [0.3, 0.4) is 0 Å². The number of hydrogen-bond acceptors (Lipinski definition) is 2. The van der Waals surface area contributed by atoms with Gasteiger partial charge in [0.05, 0.1) is 13.0 Å². The summed E-state index contributed by atoms with van der Waals surface area (Å²) in [6.45, 7) is 8.47. The number of hydrogen-bond donors (Lipinski definition) is 0. The highest BCUT2D eigenvalue weighted by molar-refractivity contribution is 4.82. The molecule has 12 heavy (non-hydrogen) atoms. The van der Waals surface area contributed by atoms with Crippen LogP contribution in [0.15, 0.2) is 4.52 Å². The lowest BCUT2D eigenvalue weighted by Gasteiger charge is -2.08. The average molecular weight is 169 g/mol. The fourth-order valence-corrected chi connectivity index (χ4v) is 1.07. The minimum Gasteiger partial charge on any atom is -0.218 e. The van der Waals surface area contributed by atoms with E-state index in [1.165, 1.54) is 0 Å². The molecule has 3 heteroatoms. The molecule has 1 unspecified atom stereocenters. The summed E-state index contributed by atoms with van der Waals surface area (Å²) < 4.78 is 7.24. The number of rotatable bonds is 2. The summed E-state index contributed by atoms with van der Waals surface area (Å²) in [7, 11) is 1.99. The van der Waals surface area contributed by atoms with Gasteiger partial charge < -0.3 is 0 Å². The summed E-state index contributed by atoms with van der Waals surface area (Å²) in [5.41, 5.74) is 0. The highest BCUT2D eigenvalue weighted by Gasteiger charge is 2.24. The number of aromatic nitrogens is 2. The van der Waals surface area contributed by atoms with Gasteiger partial charge in [0, 0.05) is 6.92 Å². The Kier molecular flexibility index (Phi) is 2.50. The first-order valence-electron chi connectivity index (χ1n) is 4.36. The lowest BCUT2D eigenvalue weighted by molar-refractivity contribution is -0.691. The summed E-state index contributed by atoms with van der Waals surface area (Å²) in [5, 5.41) is 3.91. The summed E-state index contributed by atoms with van der Waals surface area (Å²) in [6, 6.07) is 0. The van der Waals surface area contributed by atoms with Crippen molar-refractivity contribution in [2.24, 2.45) is 13.0 Å². The van der Waals surface area contributed by atoms with Gasteiger partial charge in [-0.3, -0.25) is 0 Å². The minimum absolute atomic E-state index is 0.427. The van der Waals surface area contributed by atoms with Gasteiger partial charge in [-0.15, -0.1) is 0 Å². The molecular weight excluding hydrogens is 152 g/mol. The predicted octanol–water partition coefficient (Wildman–Crippen LogP) is 1.57. The molecule has 1 aromatic heterocycles. The van der Waals surface area contributed by atoms with E-state index in [1.54, 1.807) is 0 Å². The fourth-order valence-electron chi connectivity index (χ4n) is 1.07. The second-order valence-corrected chi connectivity index (χ2v) is 3.66. The van der Waals surface area contributed by atoms with E-state index in [2.05, 4.69) is 25.9 Å². The Balaban J connectivity index is 2.95. The second kappa shape index (κ2) is 3.25. The second-order valence-electron chi connectivity index (χ2n) is 3.66. The minimum atomic E-state index is 0.427. The number of aryl methyl sites for hydroxylation is 1. The van der Waals surface area contributed by atoms with E-state index in [4.69, 9.17) is 4.52 Å². The summed E-state index contributed by atoms with van der Waals surface area (Å²) in [6.07, 6.45) is 0. The molecule has 0 saturated carbocycles. The van der Waals surface area contributed by atoms with Gasteiger partial charge in [0.2, 0.25) is 0 Å². The Morgan fingerprint density at radius 2 is 1.92 bits per heavy atom. The van der Waals surface area contributed by atoms with Crippen molar-refractivity contribution in [1.82, 2.24) is 5.16 Å².